The van der Waals surface area contributed by atoms with Crippen molar-refractivity contribution in [1.82, 2.24) is 10.6 Å². The van der Waals surface area contributed by atoms with Gasteiger partial charge in [-0.2, -0.15) is 0 Å². The van der Waals surface area contributed by atoms with Gasteiger partial charge in [0.15, 0.2) is 5.11 Å². The zero-order valence-electron chi connectivity index (χ0n) is 5.40. The molecule has 0 aromatic carbocycles. The summed E-state index contributed by atoms with van der Waals surface area (Å²) in [4.78, 5) is 0. The van der Waals surface area contributed by atoms with Crippen molar-refractivity contribution in [3.05, 3.63) is 0 Å². The van der Waals surface area contributed by atoms with Gasteiger partial charge in [-0.3, -0.25) is 0 Å². The van der Waals surface area contributed by atoms with Crippen LogP contribution in [0.25, 0.3) is 0 Å². The predicted octanol–water partition coefficient (Wildman–Crippen LogP) is 0.104. The largest absolute Gasteiger partial charge is 0.363 e. The third-order valence-electron chi connectivity index (χ3n) is 0.688. The molecule has 50 valence electrons. The van der Waals surface area contributed by atoms with Crippen LogP contribution in [0.15, 0.2) is 0 Å². The molecular weight excluding hydrogens is 132 g/mol. The van der Waals surface area contributed by atoms with E-state index >= 15 is 0 Å². The minimum absolute atomic E-state index is 0.492. The highest BCUT2D eigenvalue weighted by Gasteiger charge is 1.85. The summed E-state index contributed by atoms with van der Waals surface area (Å²) in [7, 11) is 0. The van der Waals surface area contributed by atoms with Gasteiger partial charge in [0, 0.05) is 6.54 Å². The fraction of sp³-hybridized carbons (Fsp3) is 0.500. The van der Waals surface area contributed by atoms with Crippen LogP contribution in [0.4, 0.5) is 0 Å². The molecule has 0 saturated heterocycles. The van der Waals surface area contributed by atoms with Crippen LogP contribution in [-0.4, -0.2) is 18.2 Å². The molecule has 0 aliphatic carbocycles. The summed E-state index contributed by atoms with van der Waals surface area (Å²) >= 11 is 4.80. The fourth-order valence-corrected chi connectivity index (χ4v) is 0.571. The van der Waals surface area contributed by atoms with Gasteiger partial charge in [0.1, 0.15) is 0 Å². The maximum atomic E-state index is 4.97. The average Bonchev–Trinajstić information content (AvgIpc) is 1.85. The van der Waals surface area contributed by atoms with Crippen molar-refractivity contribution in [2.75, 3.05) is 13.1 Å². The molecule has 0 heterocycles. The highest BCUT2D eigenvalue weighted by Crippen LogP contribution is 1.63. The zero-order chi connectivity index (χ0) is 7.11. The van der Waals surface area contributed by atoms with Gasteiger partial charge in [-0.05, 0) is 19.1 Å². The molecule has 0 rings (SSSR count). The number of thiocarbonyl (C=S) groups is 1. The van der Waals surface area contributed by atoms with Gasteiger partial charge in [0.05, 0.1) is 6.54 Å². The number of nitrogens with one attached hydrogen (secondary N) is 2. The maximum absolute atomic E-state index is 4.97. The molecule has 0 bridgehead atoms. The van der Waals surface area contributed by atoms with Gasteiger partial charge in [0.25, 0.3) is 0 Å². The Morgan fingerprint density at radius 2 is 2.33 bits per heavy atom. The summed E-state index contributed by atoms with van der Waals surface area (Å²) in [6.07, 6.45) is 4.97. The summed E-state index contributed by atoms with van der Waals surface area (Å²) in [5.41, 5.74) is 0. The quantitative estimate of drug-likeness (QED) is 0.422. The number of terminal acetylenes is 1. The third kappa shape index (κ3) is 5.12. The van der Waals surface area contributed by atoms with Crippen LogP contribution in [0.3, 0.4) is 0 Å². The molecule has 0 aliphatic rings. The van der Waals surface area contributed by atoms with Crippen molar-refractivity contribution in [2.24, 2.45) is 0 Å². The molecule has 0 aromatic rings. The van der Waals surface area contributed by atoms with E-state index in [9.17, 15) is 0 Å². The van der Waals surface area contributed by atoms with Crippen LogP contribution >= 0.6 is 12.2 Å². The first-order chi connectivity index (χ1) is 4.31. The van der Waals surface area contributed by atoms with Crippen molar-refractivity contribution in [3.63, 3.8) is 0 Å². The molecule has 2 nitrogen and oxygen atoms in total. The molecule has 9 heavy (non-hydrogen) atoms. The van der Waals surface area contributed by atoms with Gasteiger partial charge < -0.3 is 10.6 Å². The van der Waals surface area contributed by atoms with Crippen molar-refractivity contribution in [3.8, 4) is 12.3 Å². The van der Waals surface area contributed by atoms with Crippen LogP contribution in [0.1, 0.15) is 6.92 Å². The first-order valence-corrected chi connectivity index (χ1v) is 3.17. The van der Waals surface area contributed by atoms with E-state index in [1.807, 2.05) is 6.92 Å². The van der Waals surface area contributed by atoms with Gasteiger partial charge in [0.2, 0.25) is 0 Å². The number of rotatable bonds is 2. The first kappa shape index (κ1) is 8.25. The summed E-state index contributed by atoms with van der Waals surface area (Å²) in [5.74, 6) is 2.42. The summed E-state index contributed by atoms with van der Waals surface area (Å²) in [6.45, 7) is 3.30. The smallest absolute Gasteiger partial charge is 0.167 e. The molecule has 0 saturated carbocycles. The lowest BCUT2D eigenvalue weighted by Crippen LogP contribution is -2.34. The van der Waals surface area contributed by atoms with E-state index in [1.54, 1.807) is 0 Å². The maximum Gasteiger partial charge on any atom is 0.167 e. The zero-order valence-corrected chi connectivity index (χ0v) is 6.22. The Morgan fingerprint density at radius 1 is 1.67 bits per heavy atom. The molecule has 0 amide bonds. The second kappa shape index (κ2) is 5.39. The van der Waals surface area contributed by atoms with Gasteiger partial charge in [-0.15, -0.1) is 6.42 Å². The molecule has 0 atom stereocenters. The van der Waals surface area contributed by atoms with Gasteiger partial charge >= 0.3 is 0 Å². The second-order valence-corrected chi connectivity index (χ2v) is 1.83. The molecule has 3 heteroatoms. The number of hydrogen-bond acceptors (Lipinski definition) is 1. The molecule has 0 radical (unpaired) electrons. The highest BCUT2D eigenvalue weighted by molar-refractivity contribution is 7.80. The molecule has 0 aliphatic heterocycles. The van der Waals surface area contributed by atoms with Crippen molar-refractivity contribution in [1.29, 1.82) is 0 Å². The Bertz CT molecular complexity index is 126. The van der Waals surface area contributed by atoms with E-state index in [1.165, 1.54) is 0 Å². The number of hydrogen-bond donors (Lipinski definition) is 2. The SMILES string of the molecule is C#CCNC(=S)NCC. The topological polar surface area (TPSA) is 24.1 Å². The molecular formula is C6H10N2S. The lowest BCUT2D eigenvalue weighted by molar-refractivity contribution is 0.915. The predicted molar refractivity (Wildman–Crippen MR) is 43.1 cm³/mol. The Labute approximate surface area is 61.0 Å². The van der Waals surface area contributed by atoms with Gasteiger partial charge in [-0.1, -0.05) is 5.92 Å². The monoisotopic (exact) mass is 142 g/mol. The van der Waals surface area contributed by atoms with Crippen molar-refractivity contribution < 1.29 is 0 Å². The van der Waals surface area contributed by atoms with E-state index in [-0.39, 0.29) is 0 Å². The molecule has 0 aromatic heterocycles. The standard InChI is InChI=1S/C6H10N2S/c1-3-5-8-6(9)7-4-2/h1H,4-5H2,2H3,(H2,7,8,9). The van der Waals surface area contributed by atoms with Crippen molar-refractivity contribution in [2.45, 2.75) is 6.92 Å². The van der Waals surface area contributed by atoms with E-state index in [4.69, 9.17) is 18.6 Å². The normalized spacial score (nSPS) is 7.56. The van der Waals surface area contributed by atoms with E-state index < -0.39 is 0 Å². The lowest BCUT2D eigenvalue weighted by atomic mass is 10.6. The third-order valence-corrected chi connectivity index (χ3v) is 0.977. The Hall–Kier alpha value is -0.750. The van der Waals surface area contributed by atoms with E-state index in [2.05, 4.69) is 16.6 Å². The summed E-state index contributed by atoms with van der Waals surface area (Å²) in [5, 5.41) is 6.34. The fourth-order valence-electron chi connectivity index (χ4n) is 0.354. The van der Waals surface area contributed by atoms with Crippen LogP contribution in [-0.2, 0) is 0 Å². The van der Waals surface area contributed by atoms with E-state index in [0.717, 1.165) is 6.54 Å². The average molecular weight is 142 g/mol. The van der Waals surface area contributed by atoms with Gasteiger partial charge in [-0.25, -0.2) is 0 Å². The first-order valence-electron chi connectivity index (χ1n) is 2.76. The summed E-state index contributed by atoms with van der Waals surface area (Å²) in [6, 6.07) is 0. The highest BCUT2D eigenvalue weighted by atomic mass is 32.1. The minimum Gasteiger partial charge on any atom is -0.363 e. The second-order valence-electron chi connectivity index (χ2n) is 1.42. The molecule has 0 spiro atoms. The molecule has 2 N–H and O–H groups in total. The van der Waals surface area contributed by atoms with E-state index in [0.29, 0.717) is 11.7 Å². The minimum atomic E-state index is 0.492. The Balaban J connectivity index is 3.19. The molecule has 0 fully saturated rings. The lowest BCUT2D eigenvalue weighted by Gasteiger charge is -2.03. The Morgan fingerprint density at radius 3 is 2.78 bits per heavy atom. The van der Waals surface area contributed by atoms with Crippen molar-refractivity contribution >= 4 is 17.3 Å². The molecule has 0 unspecified atom stereocenters. The van der Waals surface area contributed by atoms with Crippen LogP contribution in [0, 0.1) is 12.3 Å². The van der Waals surface area contributed by atoms with Crippen LogP contribution < -0.4 is 10.6 Å². The van der Waals surface area contributed by atoms with Crippen LogP contribution in [0.5, 0.6) is 0 Å². The summed E-state index contributed by atoms with van der Waals surface area (Å²) < 4.78 is 0. The van der Waals surface area contributed by atoms with Crippen LogP contribution in [0.2, 0.25) is 0 Å². The Kier molecular flexibility index (Phi) is 4.94.